The molecular formula is C12H20N2O2. The summed E-state index contributed by atoms with van der Waals surface area (Å²) in [6.07, 6.45) is 0. The molecule has 2 N–H and O–H groups in total. The lowest BCUT2D eigenvalue weighted by Gasteiger charge is -2.19. The Morgan fingerprint density at radius 3 is 2.62 bits per heavy atom. The number of hydrogen-bond acceptors (Lipinski definition) is 4. The van der Waals surface area contributed by atoms with Gasteiger partial charge in [0.1, 0.15) is 5.82 Å². The van der Waals surface area contributed by atoms with Gasteiger partial charge < -0.3 is 15.2 Å². The lowest BCUT2D eigenvalue weighted by molar-refractivity contribution is -0.0380. The molecule has 0 atom stereocenters. The van der Waals surface area contributed by atoms with Crippen molar-refractivity contribution in [3.63, 3.8) is 0 Å². The van der Waals surface area contributed by atoms with Crippen molar-refractivity contribution in [2.45, 2.75) is 33.0 Å². The molecule has 16 heavy (non-hydrogen) atoms. The van der Waals surface area contributed by atoms with Gasteiger partial charge in [-0.15, -0.1) is 0 Å². The van der Waals surface area contributed by atoms with E-state index in [4.69, 9.17) is 15.2 Å². The predicted octanol–water partition coefficient (Wildman–Crippen LogP) is 2.00. The molecule has 0 fully saturated rings. The van der Waals surface area contributed by atoms with Crippen LogP contribution in [0.3, 0.4) is 0 Å². The van der Waals surface area contributed by atoms with Gasteiger partial charge in [0, 0.05) is 0 Å². The quantitative estimate of drug-likeness (QED) is 0.777. The summed E-state index contributed by atoms with van der Waals surface area (Å²) in [5, 5.41) is 0. The normalized spacial score (nSPS) is 11.7. The molecule has 1 aromatic heterocycles. The highest BCUT2D eigenvalue weighted by Gasteiger charge is 2.08. The molecule has 0 unspecified atom stereocenters. The molecule has 0 spiro atoms. The highest BCUT2D eigenvalue weighted by Crippen LogP contribution is 2.06. The maximum atomic E-state index is 5.55. The van der Waals surface area contributed by atoms with Gasteiger partial charge in [-0.3, -0.25) is 0 Å². The number of ether oxygens (including phenoxy) is 2. The van der Waals surface area contributed by atoms with Crippen LogP contribution in [0.1, 0.15) is 26.5 Å². The fourth-order valence-electron chi connectivity index (χ4n) is 1.16. The number of nitrogens with two attached hydrogens (primary N) is 1. The number of hydrogen-bond donors (Lipinski definition) is 1. The second-order valence-corrected chi connectivity index (χ2v) is 4.57. The summed E-state index contributed by atoms with van der Waals surface area (Å²) in [7, 11) is 0. The Morgan fingerprint density at radius 2 is 2.00 bits per heavy atom. The first-order valence-corrected chi connectivity index (χ1v) is 5.40. The molecule has 0 bridgehead atoms. The summed E-state index contributed by atoms with van der Waals surface area (Å²) >= 11 is 0. The van der Waals surface area contributed by atoms with Crippen molar-refractivity contribution in [3.05, 3.63) is 23.9 Å². The van der Waals surface area contributed by atoms with Crippen LogP contribution < -0.4 is 5.73 Å². The van der Waals surface area contributed by atoms with Crippen molar-refractivity contribution in [1.82, 2.24) is 4.98 Å². The van der Waals surface area contributed by atoms with Crippen molar-refractivity contribution in [2.24, 2.45) is 0 Å². The van der Waals surface area contributed by atoms with Gasteiger partial charge in [-0.2, -0.15) is 0 Å². The molecule has 0 saturated carbocycles. The second-order valence-electron chi connectivity index (χ2n) is 4.57. The Bertz CT molecular complexity index is 321. The molecule has 0 aromatic carbocycles. The molecule has 0 amide bonds. The average molecular weight is 224 g/mol. The third-order valence-electron chi connectivity index (χ3n) is 1.84. The van der Waals surface area contributed by atoms with Crippen molar-refractivity contribution in [1.29, 1.82) is 0 Å². The van der Waals surface area contributed by atoms with Crippen LogP contribution in [0, 0.1) is 0 Å². The molecule has 1 heterocycles. The van der Waals surface area contributed by atoms with Crippen molar-refractivity contribution < 1.29 is 9.47 Å². The summed E-state index contributed by atoms with van der Waals surface area (Å²) in [4.78, 5) is 4.13. The van der Waals surface area contributed by atoms with E-state index in [0.717, 1.165) is 5.69 Å². The molecule has 0 aliphatic heterocycles. The molecule has 1 aromatic rings. The van der Waals surface area contributed by atoms with Gasteiger partial charge in [-0.05, 0) is 32.9 Å². The minimum Gasteiger partial charge on any atom is -0.384 e. The van der Waals surface area contributed by atoms with E-state index in [1.807, 2.05) is 32.9 Å². The lowest BCUT2D eigenvalue weighted by atomic mass is 10.2. The van der Waals surface area contributed by atoms with E-state index in [9.17, 15) is 0 Å². The summed E-state index contributed by atoms with van der Waals surface area (Å²) in [6.45, 7) is 7.68. The number of anilines is 1. The first kappa shape index (κ1) is 12.9. The SMILES string of the molecule is CC(C)(C)OCCOCc1cccc(N)n1. The molecule has 0 saturated heterocycles. The third kappa shape index (κ3) is 5.68. The average Bonchev–Trinajstić information content (AvgIpc) is 2.15. The maximum Gasteiger partial charge on any atom is 0.123 e. The topological polar surface area (TPSA) is 57.4 Å². The van der Waals surface area contributed by atoms with Crippen molar-refractivity contribution >= 4 is 5.82 Å². The Kier molecular flexibility index (Phi) is 4.71. The third-order valence-corrected chi connectivity index (χ3v) is 1.84. The number of nitrogens with zero attached hydrogens (tertiary/aromatic N) is 1. The fraction of sp³-hybridized carbons (Fsp3) is 0.583. The van der Waals surface area contributed by atoms with Crippen LogP contribution in [0.2, 0.25) is 0 Å². The van der Waals surface area contributed by atoms with E-state index in [1.54, 1.807) is 6.07 Å². The first-order valence-electron chi connectivity index (χ1n) is 5.40. The molecule has 0 radical (unpaired) electrons. The lowest BCUT2D eigenvalue weighted by Crippen LogP contribution is -2.21. The van der Waals surface area contributed by atoms with E-state index in [1.165, 1.54) is 0 Å². The molecule has 4 nitrogen and oxygen atoms in total. The molecule has 90 valence electrons. The minimum atomic E-state index is -0.112. The van der Waals surface area contributed by atoms with Crippen LogP contribution >= 0.6 is 0 Å². The van der Waals surface area contributed by atoms with Gasteiger partial charge >= 0.3 is 0 Å². The van der Waals surface area contributed by atoms with Crippen LogP contribution in [0.4, 0.5) is 5.82 Å². The van der Waals surface area contributed by atoms with Crippen LogP contribution in [0.15, 0.2) is 18.2 Å². The number of aromatic nitrogens is 1. The smallest absolute Gasteiger partial charge is 0.123 e. The minimum absolute atomic E-state index is 0.112. The predicted molar refractivity (Wildman–Crippen MR) is 64.0 cm³/mol. The summed E-state index contributed by atoms with van der Waals surface area (Å²) in [5.74, 6) is 0.520. The Balaban J connectivity index is 2.17. The first-order chi connectivity index (χ1) is 7.47. The monoisotopic (exact) mass is 224 g/mol. The number of rotatable bonds is 5. The van der Waals surface area contributed by atoms with Crippen LogP contribution in [-0.4, -0.2) is 23.8 Å². The van der Waals surface area contributed by atoms with Gasteiger partial charge in [0.2, 0.25) is 0 Å². The van der Waals surface area contributed by atoms with Crippen molar-refractivity contribution in [3.8, 4) is 0 Å². The number of pyridine rings is 1. The van der Waals surface area contributed by atoms with Gasteiger partial charge in [0.05, 0.1) is 31.1 Å². The van der Waals surface area contributed by atoms with Gasteiger partial charge in [-0.25, -0.2) is 4.98 Å². The molecule has 0 aliphatic carbocycles. The molecule has 0 aliphatic rings. The molecule has 1 rings (SSSR count). The van der Waals surface area contributed by atoms with E-state index in [2.05, 4.69) is 4.98 Å². The van der Waals surface area contributed by atoms with E-state index < -0.39 is 0 Å². The van der Waals surface area contributed by atoms with Crippen LogP contribution in [0.25, 0.3) is 0 Å². The standard InChI is InChI=1S/C12H20N2O2/c1-12(2,3)16-8-7-15-9-10-5-4-6-11(13)14-10/h4-6H,7-9H2,1-3H3,(H2,13,14). The second kappa shape index (κ2) is 5.82. The Labute approximate surface area is 96.8 Å². The van der Waals surface area contributed by atoms with Crippen LogP contribution in [0.5, 0.6) is 0 Å². The Hall–Kier alpha value is -1.13. The fourth-order valence-corrected chi connectivity index (χ4v) is 1.16. The highest BCUT2D eigenvalue weighted by atomic mass is 16.5. The van der Waals surface area contributed by atoms with E-state index in [0.29, 0.717) is 25.6 Å². The Morgan fingerprint density at radius 1 is 1.25 bits per heavy atom. The zero-order valence-corrected chi connectivity index (χ0v) is 10.2. The highest BCUT2D eigenvalue weighted by molar-refractivity contribution is 5.28. The van der Waals surface area contributed by atoms with Crippen LogP contribution in [-0.2, 0) is 16.1 Å². The molecular weight excluding hydrogens is 204 g/mol. The van der Waals surface area contributed by atoms with Gasteiger partial charge in [0.15, 0.2) is 0 Å². The van der Waals surface area contributed by atoms with Gasteiger partial charge in [0.25, 0.3) is 0 Å². The van der Waals surface area contributed by atoms with E-state index >= 15 is 0 Å². The van der Waals surface area contributed by atoms with Gasteiger partial charge in [-0.1, -0.05) is 6.07 Å². The zero-order valence-electron chi connectivity index (χ0n) is 10.2. The number of nitrogen functional groups attached to an aromatic ring is 1. The summed E-state index contributed by atoms with van der Waals surface area (Å²) < 4.78 is 10.9. The largest absolute Gasteiger partial charge is 0.384 e. The maximum absolute atomic E-state index is 5.55. The van der Waals surface area contributed by atoms with Crippen molar-refractivity contribution in [2.75, 3.05) is 18.9 Å². The molecule has 4 heteroatoms. The van der Waals surface area contributed by atoms with E-state index in [-0.39, 0.29) is 5.60 Å². The zero-order chi connectivity index (χ0) is 12.0. The summed E-state index contributed by atoms with van der Waals surface area (Å²) in [6, 6.07) is 5.51. The summed E-state index contributed by atoms with van der Waals surface area (Å²) in [5.41, 5.74) is 6.29.